The maximum Gasteiger partial charge on any atom is 0.524 e. The zero-order valence-corrected chi connectivity index (χ0v) is 26.9. The third kappa shape index (κ3) is 7.47. The first-order valence-electron chi connectivity index (χ1n) is 15.4. The molecule has 0 bridgehead atoms. The molecule has 4 amide bonds. The zero-order valence-electron chi connectivity index (χ0n) is 26.0. The highest BCUT2D eigenvalue weighted by molar-refractivity contribution is 7.46. The Kier molecular flexibility index (Phi) is 9.69. The van der Waals surface area contributed by atoms with Gasteiger partial charge in [0.25, 0.3) is 0 Å². The van der Waals surface area contributed by atoms with Gasteiger partial charge in [0.15, 0.2) is 11.5 Å². The number of phosphoric ester groups is 1. The van der Waals surface area contributed by atoms with Crippen LogP contribution in [0.1, 0.15) is 16.7 Å². The quantitative estimate of drug-likeness (QED) is 0.215. The van der Waals surface area contributed by atoms with E-state index in [1.807, 2.05) is 42.5 Å². The van der Waals surface area contributed by atoms with Gasteiger partial charge in [0, 0.05) is 26.1 Å². The van der Waals surface area contributed by atoms with Gasteiger partial charge < -0.3 is 29.1 Å². The summed E-state index contributed by atoms with van der Waals surface area (Å²) in [6.45, 7) is 5.21. The fraction of sp³-hybridized carbons (Fsp3) is 0.303. The number of nitrogens with zero attached hydrogens (tertiary/aromatic N) is 4. The number of rotatable bonds is 10. The van der Waals surface area contributed by atoms with E-state index in [9.17, 15) is 28.7 Å². The number of carbonyl (C=O) groups excluding carboxylic acids is 3. The standard InChI is InChI=1S/C33H36N5O9P/c1-2-14-36-22-31(39)37-27(17-23-8-11-26(12-9-23)47-48(42,43)44)32(40)35(20-25-10-13-28-29(18-25)46-16-15-45-28)21-30(37)38(36)33(41)34-19-24-6-4-3-5-7-24/h2-13,18,27,30H,1,14-17,19-22H2,(H,34,41)(H2,42,43,44)/t27-,30-/m0/s1. The van der Waals surface area contributed by atoms with Gasteiger partial charge in [-0.1, -0.05) is 54.6 Å². The van der Waals surface area contributed by atoms with Gasteiger partial charge in [0.2, 0.25) is 11.8 Å². The van der Waals surface area contributed by atoms with Crippen LogP contribution in [0.15, 0.2) is 85.5 Å². The summed E-state index contributed by atoms with van der Waals surface area (Å²) in [5.74, 6) is 0.505. The number of hydrogen-bond acceptors (Lipinski definition) is 8. The summed E-state index contributed by atoms with van der Waals surface area (Å²) in [4.78, 5) is 63.5. The fourth-order valence-corrected chi connectivity index (χ4v) is 6.55. The molecule has 0 unspecified atom stereocenters. The molecule has 48 heavy (non-hydrogen) atoms. The predicted octanol–water partition coefficient (Wildman–Crippen LogP) is 2.67. The third-order valence-corrected chi connectivity index (χ3v) is 8.67. The lowest BCUT2D eigenvalue weighted by Crippen LogP contribution is -2.76. The fourth-order valence-electron chi connectivity index (χ4n) is 6.15. The summed E-state index contributed by atoms with van der Waals surface area (Å²) in [6, 6.07) is 19.4. The summed E-state index contributed by atoms with van der Waals surface area (Å²) in [6.07, 6.45) is 0.842. The van der Waals surface area contributed by atoms with Gasteiger partial charge in [0.05, 0.1) is 13.1 Å². The van der Waals surface area contributed by atoms with E-state index >= 15 is 0 Å². The summed E-state index contributed by atoms with van der Waals surface area (Å²) in [5, 5.41) is 6.09. The van der Waals surface area contributed by atoms with Crippen LogP contribution < -0.4 is 19.3 Å². The minimum atomic E-state index is -4.76. The molecule has 3 aliphatic rings. The number of hydrazine groups is 1. The number of fused-ring (bicyclic) bond motifs is 2. The average Bonchev–Trinajstić information content (AvgIpc) is 3.06. The van der Waals surface area contributed by atoms with Crippen molar-refractivity contribution in [1.29, 1.82) is 0 Å². The molecular formula is C33H36N5O9P. The van der Waals surface area contributed by atoms with Crippen molar-refractivity contribution in [3.8, 4) is 17.2 Å². The number of nitrogens with one attached hydrogen (secondary N) is 1. The number of amides is 4. The molecule has 252 valence electrons. The maximum atomic E-state index is 14.3. The van der Waals surface area contributed by atoms with Crippen LogP contribution in [0.3, 0.4) is 0 Å². The van der Waals surface area contributed by atoms with Gasteiger partial charge in [-0.05, 0) is 41.0 Å². The second-order valence-electron chi connectivity index (χ2n) is 11.5. The van der Waals surface area contributed by atoms with E-state index < -0.39 is 26.1 Å². The average molecular weight is 678 g/mol. The highest BCUT2D eigenvalue weighted by Crippen LogP contribution is 2.38. The Hall–Kier alpha value is -4.88. The predicted molar refractivity (Wildman–Crippen MR) is 172 cm³/mol. The molecule has 3 aliphatic heterocycles. The lowest BCUT2D eigenvalue weighted by atomic mass is 9.98. The van der Waals surface area contributed by atoms with Crippen molar-refractivity contribution in [3.05, 3.63) is 102 Å². The first kappa shape index (κ1) is 33.0. The van der Waals surface area contributed by atoms with E-state index in [1.54, 1.807) is 34.2 Å². The number of hydrogen-bond donors (Lipinski definition) is 3. The van der Waals surface area contributed by atoms with Gasteiger partial charge in [-0.25, -0.2) is 19.4 Å². The Morgan fingerprint density at radius 1 is 0.979 bits per heavy atom. The Balaban J connectivity index is 1.32. The van der Waals surface area contributed by atoms with Crippen molar-refractivity contribution in [2.24, 2.45) is 0 Å². The zero-order chi connectivity index (χ0) is 33.8. The Labute approximate surface area is 277 Å². The van der Waals surface area contributed by atoms with E-state index in [0.29, 0.717) is 30.3 Å². The Bertz CT molecular complexity index is 1720. The monoisotopic (exact) mass is 677 g/mol. The van der Waals surface area contributed by atoms with Gasteiger partial charge in [-0.2, -0.15) is 0 Å². The van der Waals surface area contributed by atoms with Gasteiger partial charge in [-0.15, -0.1) is 6.58 Å². The van der Waals surface area contributed by atoms with Crippen LogP contribution in [-0.4, -0.2) is 92.5 Å². The first-order valence-corrected chi connectivity index (χ1v) is 16.9. The number of phosphoric acid groups is 1. The molecule has 0 aromatic heterocycles. The number of piperazine rings is 1. The molecule has 0 saturated carbocycles. The van der Waals surface area contributed by atoms with E-state index in [2.05, 4.69) is 16.4 Å². The van der Waals surface area contributed by atoms with Gasteiger partial charge >= 0.3 is 13.9 Å². The summed E-state index contributed by atoms with van der Waals surface area (Å²) < 4.78 is 27.4. The molecule has 2 saturated heterocycles. The molecule has 0 radical (unpaired) electrons. The minimum Gasteiger partial charge on any atom is -0.486 e. The molecule has 0 spiro atoms. The SMILES string of the molecule is C=CCN1CC(=O)N2[C@@H](Cc3ccc(OP(=O)(O)O)cc3)C(=O)N(Cc3ccc4c(c3)OCCO4)C[C@@H]2N1C(=O)NCc1ccccc1. The largest absolute Gasteiger partial charge is 0.524 e. The highest BCUT2D eigenvalue weighted by Gasteiger charge is 2.51. The van der Waals surface area contributed by atoms with E-state index in [0.717, 1.165) is 11.1 Å². The molecule has 3 N–H and O–H groups in total. The normalized spacial score (nSPS) is 19.5. The van der Waals surface area contributed by atoms with Gasteiger partial charge in [-0.3, -0.25) is 19.4 Å². The summed E-state index contributed by atoms with van der Waals surface area (Å²) in [7, 11) is -4.76. The molecule has 0 aliphatic carbocycles. The molecule has 2 fully saturated rings. The molecule has 2 atom stereocenters. The van der Waals surface area contributed by atoms with Crippen LogP contribution in [0.2, 0.25) is 0 Å². The third-order valence-electron chi connectivity index (χ3n) is 8.22. The van der Waals surface area contributed by atoms with Crippen molar-refractivity contribution >= 4 is 25.7 Å². The molecule has 15 heteroatoms. The molecule has 3 aromatic carbocycles. The van der Waals surface area contributed by atoms with Crippen LogP contribution >= 0.6 is 7.82 Å². The maximum absolute atomic E-state index is 14.3. The lowest BCUT2D eigenvalue weighted by molar-refractivity contribution is -0.189. The van der Waals surface area contributed by atoms with E-state index in [-0.39, 0.29) is 56.7 Å². The van der Waals surface area contributed by atoms with Crippen LogP contribution in [-0.2, 0) is 33.7 Å². The number of ether oxygens (including phenoxy) is 2. The number of carbonyl (C=O) groups is 3. The summed E-state index contributed by atoms with van der Waals surface area (Å²) >= 11 is 0. The highest BCUT2D eigenvalue weighted by atomic mass is 31.2. The molecule has 3 aromatic rings. The molecule has 6 rings (SSSR count). The topological polar surface area (TPSA) is 161 Å². The molecular weight excluding hydrogens is 641 g/mol. The van der Waals surface area contributed by atoms with Crippen molar-refractivity contribution in [3.63, 3.8) is 0 Å². The number of benzene rings is 3. The van der Waals surface area contributed by atoms with Crippen molar-refractivity contribution in [1.82, 2.24) is 25.1 Å². The second kappa shape index (κ2) is 14.1. The second-order valence-corrected chi connectivity index (χ2v) is 12.7. The Morgan fingerprint density at radius 2 is 1.69 bits per heavy atom. The molecule has 3 heterocycles. The van der Waals surface area contributed by atoms with E-state index in [1.165, 1.54) is 22.0 Å². The van der Waals surface area contributed by atoms with Gasteiger partial charge in [0.1, 0.15) is 31.2 Å². The van der Waals surface area contributed by atoms with Crippen LogP contribution in [0.25, 0.3) is 0 Å². The van der Waals surface area contributed by atoms with Crippen molar-refractivity contribution in [2.75, 3.05) is 32.8 Å². The van der Waals surface area contributed by atoms with E-state index in [4.69, 9.17) is 9.47 Å². The van der Waals surface area contributed by atoms with Crippen LogP contribution in [0, 0.1) is 0 Å². The smallest absolute Gasteiger partial charge is 0.486 e. The lowest BCUT2D eigenvalue weighted by Gasteiger charge is -2.55. The molecule has 14 nitrogen and oxygen atoms in total. The van der Waals surface area contributed by atoms with Crippen LogP contribution in [0.4, 0.5) is 4.79 Å². The van der Waals surface area contributed by atoms with Crippen molar-refractivity contribution in [2.45, 2.75) is 31.7 Å². The Morgan fingerprint density at radius 3 is 2.40 bits per heavy atom. The summed E-state index contributed by atoms with van der Waals surface area (Å²) in [5.41, 5.74) is 2.30. The van der Waals surface area contributed by atoms with Crippen molar-refractivity contribution < 1.29 is 42.7 Å². The first-order chi connectivity index (χ1) is 23.1. The minimum absolute atomic E-state index is 0.0387. The number of urea groups is 1. The van der Waals surface area contributed by atoms with Crippen LogP contribution in [0.5, 0.6) is 17.2 Å².